The molecule has 0 bridgehead atoms. The van der Waals surface area contributed by atoms with E-state index in [2.05, 4.69) is 29.2 Å². The Balaban J connectivity index is 1.57. The van der Waals surface area contributed by atoms with Gasteiger partial charge in [0.05, 0.1) is 11.3 Å². The summed E-state index contributed by atoms with van der Waals surface area (Å²) in [5, 5.41) is 4.23. The van der Waals surface area contributed by atoms with Gasteiger partial charge in [-0.1, -0.05) is 6.58 Å². The fourth-order valence-electron chi connectivity index (χ4n) is 5.77. The number of thiophene rings is 1. The normalized spacial score (nSPS) is 16.8. The van der Waals surface area contributed by atoms with Gasteiger partial charge in [0.1, 0.15) is 11.6 Å². The van der Waals surface area contributed by atoms with Crippen molar-refractivity contribution in [2.45, 2.75) is 77.8 Å². The minimum absolute atomic E-state index is 0.00960. The number of rotatable bonds is 14. The van der Waals surface area contributed by atoms with Crippen molar-refractivity contribution in [1.29, 1.82) is 0 Å². The monoisotopic (exact) mass is 612 g/mol. The Morgan fingerprint density at radius 1 is 1.02 bits per heavy atom. The van der Waals surface area contributed by atoms with E-state index >= 15 is 0 Å². The molecule has 0 amide bonds. The molecule has 10 heteroatoms. The van der Waals surface area contributed by atoms with Crippen LogP contribution in [0.5, 0.6) is 0 Å². The third kappa shape index (κ3) is 8.96. The Kier molecular flexibility index (Phi) is 11.5. The number of anilines is 1. The molecule has 1 aromatic carbocycles. The van der Waals surface area contributed by atoms with Crippen LogP contribution in [0.4, 0.5) is 27.6 Å². The molecular formula is C32H41F5N2O2S. The van der Waals surface area contributed by atoms with Crippen molar-refractivity contribution in [1.82, 2.24) is 4.90 Å². The zero-order chi connectivity index (χ0) is 31.2. The van der Waals surface area contributed by atoms with Gasteiger partial charge in [-0.15, -0.1) is 0 Å². The third-order valence-corrected chi connectivity index (χ3v) is 9.56. The molecule has 2 N–H and O–H groups in total. The Morgan fingerprint density at radius 2 is 1.62 bits per heavy atom. The molecule has 0 spiro atoms. The summed E-state index contributed by atoms with van der Waals surface area (Å²) in [5.41, 5.74) is 4.65. The van der Waals surface area contributed by atoms with Crippen LogP contribution in [0, 0.1) is 24.7 Å². The number of ketones is 2. The number of allylic oxidation sites excluding steroid dienone is 1. The number of Topliss-reactive ketones (excluding diaryl/α,β-unsaturated/α-hetero) is 2. The van der Waals surface area contributed by atoms with E-state index in [9.17, 15) is 31.5 Å². The van der Waals surface area contributed by atoms with Crippen LogP contribution in [-0.4, -0.2) is 36.1 Å². The maximum Gasteiger partial charge on any atom is 0.418 e. The number of hydrogen-bond donors (Lipinski definition) is 1. The zero-order valence-electron chi connectivity index (χ0n) is 24.5. The molecule has 1 aliphatic rings. The Labute approximate surface area is 249 Å². The van der Waals surface area contributed by atoms with Crippen molar-refractivity contribution in [3.05, 3.63) is 63.4 Å². The van der Waals surface area contributed by atoms with Crippen LogP contribution in [0.2, 0.25) is 0 Å². The molecule has 2 aromatic rings. The van der Waals surface area contributed by atoms with Gasteiger partial charge in [-0.3, -0.25) is 9.59 Å². The first-order valence-corrected chi connectivity index (χ1v) is 15.3. The molecule has 4 nitrogen and oxygen atoms in total. The Morgan fingerprint density at radius 3 is 2.14 bits per heavy atom. The van der Waals surface area contributed by atoms with Crippen LogP contribution in [0.15, 0.2) is 35.5 Å². The van der Waals surface area contributed by atoms with Gasteiger partial charge in [0.15, 0.2) is 0 Å². The first kappa shape index (κ1) is 33.9. The zero-order valence-corrected chi connectivity index (χ0v) is 25.4. The summed E-state index contributed by atoms with van der Waals surface area (Å²) in [6.07, 6.45) is 0.218. The van der Waals surface area contributed by atoms with Crippen LogP contribution in [0.3, 0.4) is 0 Å². The number of benzene rings is 1. The fourth-order valence-corrected chi connectivity index (χ4v) is 6.64. The first-order chi connectivity index (χ1) is 19.6. The van der Waals surface area contributed by atoms with Gasteiger partial charge in [-0.2, -0.15) is 33.3 Å². The van der Waals surface area contributed by atoms with Crippen molar-refractivity contribution in [3.63, 3.8) is 0 Å². The average molecular weight is 613 g/mol. The number of carbonyl (C=O) groups is 2. The first-order valence-electron chi connectivity index (χ1n) is 14.4. The number of aryl methyl sites for hydroxylation is 1. The summed E-state index contributed by atoms with van der Waals surface area (Å²) in [5.74, 6) is -3.82. The maximum absolute atomic E-state index is 14.4. The van der Waals surface area contributed by atoms with E-state index in [0.717, 1.165) is 57.3 Å². The van der Waals surface area contributed by atoms with Gasteiger partial charge in [0, 0.05) is 17.4 Å². The summed E-state index contributed by atoms with van der Waals surface area (Å²) in [6.45, 7) is 10.4. The largest absolute Gasteiger partial charge is 0.418 e. The van der Waals surface area contributed by atoms with Gasteiger partial charge < -0.3 is 10.6 Å². The molecule has 2 heterocycles. The molecule has 0 saturated carbocycles. The van der Waals surface area contributed by atoms with Gasteiger partial charge in [0.25, 0.3) is 5.92 Å². The van der Waals surface area contributed by atoms with Gasteiger partial charge in [-0.05, 0) is 137 Å². The molecule has 0 aliphatic carbocycles. The van der Waals surface area contributed by atoms with Crippen molar-refractivity contribution >= 4 is 28.6 Å². The Bertz CT molecular complexity index is 1250. The minimum Gasteiger partial charge on any atom is -0.398 e. The number of alkyl halides is 5. The highest BCUT2D eigenvalue weighted by atomic mass is 32.1. The smallest absolute Gasteiger partial charge is 0.398 e. The number of piperidine rings is 1. The molecule has 0 radical (unpaired) electrons. The SMILES string of the molecule is C=CC(F)(F)c1cc(C[C@@H](CCN2CCC(CC[C@@H](Cc3cscc3C)C(C)=O)CC2)C(C)=O)cc(C(F)(F)F)c1N. The molecule has 1 saturated heterocycles. The van der Waals surface area contributed by atoms with E-state index in [0.29, 0.717) is 18.9 Å². The topological polar surface area (TPSA) is 63.4 Å². The van der Waals surface area contributed by atoms with Crippen LogP contribution in [0.1, 0.15) is 73.8 Å². The van der Waals surface area contributed by atoms with Crippen molar-refractivity contribution in [3.8, 4) is 0 Å². The summed E-state index contributed by atoms with van der Waals surface area (Å²) in [7, 11) is 0. The lowest BCUT2D eigenvalue weighted by Crippen LogP contribution is -2.36. The average Bonchev–Trinajstić information content (AvgIpc) is 3.33. The van der Waals surface area contributed by atoms with Gasteiger partial charge >= 0.3 is 6.18 Å². The molecule has 1 fully saturated rings. The third-order valence-electron chi connectivity index (χ3n) is 8.64. The maximum atomic E-state index is 14.4. The van der Waals surface area contributed by atoms with E-state index in [1.54, 1.807) is 18.3 Å². The van der Waals surface area contributed by atoms with Crippen LogP contribution in [-0.2, 0) is 34.5 Å². The van der Waals surface area contributed by atoms with E-state index in [1.165, 1.54) is 18.1 Å². The van der Waals surface area contributed by atoms with Crippen LogP contribution in [0.25, 0.3) is 0 Å². The lowest BCUT2D eigenvalue weighted by molar-refractivity contribution is -0.137. The van der Waals surface area contributed by atoms with Crippen molar-refractivity contribution in [2.24, 2.45) is 17.8 Å². The second-order valence-corrected chi connectivity index (χ2v) is 12.4. The fraction of sp³-hybridized carbons (Fsp3) is 0.562. The highest BCUT2D eigenvalue weighted by molar-refractivity contribution is 7.08. The van der Waals surface area contributed by atoms with Gasteiger partial charge in [0.2, 0.25) is 0 Å². The highest BCUT2D eigenvalue weighted by Crippen LogP contribution is 2.42. The second-order valence-electron chi connectivity index (χ2n) is 11.7. The summed E-state index contributed by atoms with van der Waals surface area (Å²) < 4.78 is 69.6. The molecule has 42 heavy (non-hydrogen) atoms. The molecule has 1 aromatic heterocycles. The molecule has 0 unspecified atom stereocenters. The summed E-state index contributed by atoms with van der Waals surface area (Å²) in [4.78, 5) is 27.0. The van der Waals surface area contributed by atoms with Gasteiger partial charge in [-0.25, -0.2) is 0 Å². The lowest BCUT2D eigenvalue weighted by Gasteiger charge is -2.33. The molecule has 3 rings (SSSR count). The molecule has 232 valence electrons. The summed E-state index contributed by atoms with van der Waals surface area (Å²) in [6, 6.07) is 1.73. The van der Waals surface area contributed by atoms with E-state index in [4.69, 9.17) is 5.73 Å². The summed E-state index contributed by atoms with van der Waals surface area (Å²) >= 11 is 1.66. The minimum atomic E-state index is -4.92. The van der Waals surface area contributed by atoms with Crippen LogP contribution >= 0.6 is 11.3 Å². The standard InChI is InChI=1S/C32H41F5N2O2S/c1-5-31(33,34)28-15-24(16-29(30(28)38)32(35,36)37)14-26(22(4)41)10-13-39-11-8-23(9-12-39)6-7-25(21(3)40)17-27-19-42-18-20(27)2/h5,15-16,18-19,23,25-26H,1,6-14,17,38H2,2-4H3/t25-,26+/m0/s1. The number of nitrogens with zero attached hydrogens (tertiary/aromatic N) is 1. The van der Waals surface area contributed by atoms with E-state index in [1.807, 2.05) is 0 Å². The Hall–Kier alpha value is -2.59. The predicted octanol–water partition coefficient (Wildman–Crippen LogP) is 8.01. The number of likely N-dealkylation sites (tertiary alicyclic amines) is 1. The number of nitrogens with two attached hydrogens (primary N) is 1. The highest BCUT2D eigenvalue weighted by Gasteiger charge is 2.39. The molecule has 1 aliphatic heterocycles. The van der Waals surface area contributed by atoms with Crippen LogP contribution < -0.4 is 5.73 Å². The quantitative estimate of drug-likeness (QED) is 0.133. The van der Waals surface area contributed by atoms with E-state index in [-0.39, 0.29) is 35.5 Å². The number of halogens is 5. The lowest BCUT2D eigenvalue weighted by atomic mass is 9.84. The number of carbonyl (C=O) groups excluding carboxylic acids is 2. The van der Waals surface area contributed by atoms with Crippen molar-refractivity contribution in [2.75, 3.05) is 25.4 Å². The predicted molar refractivity (Wildman–Crippen MR) is 158 cm³/mol. The molecule has 2 atom stereocenters. The van der Waals surface area contributed by atoms with E-state index < -0.39 is 34.8 Å². The molecular weight excluding hydrogens is 571 g/mol. The second kappa shape index (κ2) is 14.3. The van der Waals surface area contributed by atoms with Crippen molar-refractivity contribution < 1.29 is 31.5 Å². The number of nitrogen functional groups attached to an aromatic ring is 1. The number of hydrogen-bond acceptors (Lipinski definition) is 5.